The molecule has 1 aromatic carbocycles. The average molecular weight is 348 g/mol. The standard InChI is InChI=1S/C16H16N2O7/c1-9(16(23)25-8-12(19)17-7-13(20)24-2)18-14(21)10-5-3-4-6-11(10)15(18)22/h3-6,9H,7-8H2,1-2H3,(H,17,19)/t9-/m1/s1. The smallest absolute Gasteiger partial charge is 0.329 e. The van der Waals surface area contributed by atoms with E-state index in [1.165, 1.54) is 19.1 Å². The van der Waals surface area contributed by atoms with Gasteiger partial charge >= 0.3 is 11.9 Å². The molecule has 0 saturated carbocycles. The second-order valence-electron chi connectivity index (χ2n) is 5.16. The van der Waals surface area contributed by atoms with Crippen LogP contribution in [0.15, 0.2) is 24.3 Å². The fourth-order valence-corrected chi connectivity index (χ4v) is 2.22. The van der Waals surface area contributed by atoms with E-state index in [0.29, 0.717) is 0 Å². The van der Waals surface area contributed by atoms with Crippen LogP contribution in [-0.2, 0) is 23.9 Å². The largest absolute Gasteiger partial charge is 0.468 e. The maximum Gasteiger partial charge on any atom is 0.329 e. The highest BCUT2D eigenvalue weighted by Crippen LogP contribution is 2.24. The third kappa shape index (κ3) is 3.82. The van der Waals surface area contributed by atoms with Crippen molar-refractivity contribution < 1.29 is 33.4 Å². The predicted octanol–water partition coefficient (Wildman–Crippen LogP) is -0.496. The van der Waals surface area contributed by atoms with Gasteiger partial charge in [0.2, 0.25) is 0 Å². The molecule has 1 heterocycles. The van der Waals surface area contributed by atoms with E-state index in [2.05, 4.69) is 10.1 Å². The molecule has 9 heteroatoms. The number of carbonyl (C=O) groups excluding carboxylic acids is 5. The average Bonchev–Trinajstić information content (AvgIpc) is 2.88. The normalized spacial score (nSPS) is 13.9. The first-order valence-corrected chi connectivity index (χ1v) is 7.34. The van der Waals surface area contributed by atoms with Crippen molar-refractivity contribution in [1.29, 1.82) is 0 Å². The quantitative estimate of drug-likeness (QED) is 0.544. The number of imide groups is 1. The molecule has 1 aliphatic heterocycles. The summed E-state index contributed by atoms with van der Waals surface area (Å²) in [6, 6.07) is 5.02. The van der Waals surface area contributed by atoms with E-state index in [0.717, 1.165) is 12.0 Å². The molecule has 9 nitrogen and oxygen atoms in total. The number of amides is 3. The molecular weight excluding hydrogens is 332 g/mol. The molecule has 2 rings (SSSR count). The fourth-order valence-electron chi connectivity index (χ4n) is 2.22. The molecule has 0 aliphatic carbocycles. The number of nitrogens with zero attached hydrogens (tertiary/aromatic N) is 1. The van der Waals surface area contributed by atoms with Crippen molar-refractivity contribution in [2.24, 2.45) is 0 Å². The molecule has 0 aromatic heterocycles. The third-order valence-corrected chi connectivity index (χ3v) is 3.56. The Kier molecular flexibility index (Phi) is 5.48. The highest BCUT2D eigenvalue weighted by Gasteiger charge is 2.41. The molecule has 0 bridgehead atoms. The van der Waals surface area contributed by atoms with Gasteiger partial charge in [-0.15, -0.1) is 0 Å². The number of ether oxygens (including phenoxy) is 2. The lowest BCUT2D eigenvalue weighted by Crippen LogP contribution is -2.44. The zero-order chi connectivity index (χ0) is 18.6. The van der Waals surface area contributed by atoms with Crippen LogP contribution in [0.25, 0.3) is 0 Å². The minimum absolute atomic E-state index is 0.211. The molecule has 1 aromatic rings. The van der Waals surface area contributed by atoms with E-state index in [1.807, 2.05) is 0 Å². The van der Waals surface area contributed by atoms with Crippen LogP contribution in [0.1, 0.15) is 27.6 Å². The van der Waals surface area contributed by atoms with Crippen LogP contribution in [0.5, 0.6) is 0 Å². The van der Waals surface area contributed by atoms with Crippen LogP contribution in [0.3, 0.4) is 0 Å². The predicted molar refractivity (Wildman–Crippen MR) is 82.4 cm³/mol. The number of methoxy groups -OCH3 is 1. The van der Waals surface area contributed by atoms with E-state index in [-0.39, 0.29) is 17.7 Å². The summed E-state index contributed by atoms with van der Waals surface area (Å²) in [6.45, 7) is 0.320. The van der Waals surface area contributed by atoms with Crippen molar-refractivity contribution in [2.75, 3.05) is 20.3 Å². The van der Waals surface area contributed by atoms with Crippen molar-refractivity contribution in [3.05, 3.63) is 35.4 Å². The lowest BCUT2D eigenvalue weighted by molar-refractivity contribution is -0.152. The van der Waals surface area contributed by atoms with E-state index in [4.69, 9.17) is 4.74 Å². The van der Waals surface area contributed by atoms with Crippen LogP contribution in [-0.4, -0.2) is 60.9 Å². The first-order valence-electron chi connectivity index (χ1n) is 7.34. The fraction of sp³-hybridized carbons (Fsp3) is 0.312. The van der Waals surface area contributed by atoms with Crippen LogP contribution >= 0.6 is 0 Å². The monoisotopic (exact) mass is 348 g/mol. The van der Waals surface area contributed by atoms with Crippen molar-refractivity contribution in [3.63, 3.8) is 0 Å². The number of hydrogen-bond acceptors (Lipinski definition) is 7. The number of fused-ring (bicyclic) bond motifs is 1. The molecule has 1 N–H and O–H groups in total. The molecule has 0 fully saturated rings. The summed E-state index contributed by atoms with van der Waals surface area (Å²) in [4.78, 5) is 59.7. The first kappa shape index (κ1) is 18.1. The van der Waals surface area contributed by atoms with Gasteiger partial charge in [0.15, 0.2) is 6.61 Å². The number of benzene rings is 1. The Morgan fingerprint density at radius 1 is 1.12 bits per heavy atom. The van der Waals surface area contributed by atoms with Gasteiger partial charge in [0, 0.05) is 0 Å². The Morgan fingerprint density at radius 3 is 2.20 bits per heavy atom. The maximum absolute atomic E-state index is 12.3. The zero-order valence-electron chi connectivity index (χ0n) is 13.6. The Labute approximate surface area is 142 Å². The highest BCUT2D eigenvalue weighted by atomic mass is 16.5. The summed E-state index contributed by atoms with van der Waals surface area (Å²) in [7, 11) is 1.16. The van der Waals surface area contributed by atoms with Gasteiger partial charge in [0.05, 0.1) is 18.2 Å². The Morgan fingerprint density at radius 2 is 1.68 bits per heavy atom. The number of carbonyl (C=O) groups is 5. The molecular formula is C16H16N2O7. The second-order valence-corrected chi connectivity index (χ2v) is 5.16. The van der Waals surface area contributed by atoms with Gasteiger partial charge in [-0.2, -0.15) is 0 Å². The Balaban J connectivity index is 1.93. The van der Waals surface area contributed by atoms with E-state index < -0.39 is 42.3 Å². The minimum atomic E-state index is -1.19. The molecule has 1 atom stereocenters. The summed E-state index contributed by atoms with van der Waals surface area (Å²) < 4.78 is 9.13. The van der Waals surface area contributed by atoms with E-state index in [1.54, 1.807) is 12.1 Å². The molecule has 0 spiro atoms. The summed E-state index contributed by atoms with van der Waals surface area (Å²) in [6.07, 6.45) is 0. The van der Waals surface area contributed by atoms with Crippen LogP contribution in [0.4, 0.5) is 0 Å². The van der Waals surface area contributed by atoms with Gasteiger partial charge in [-0.1, -0.05) is 12.1 Å². The summed E-state index contributed by atoms with van der Waals surface area (Å²) in [5.41, 5.74) is 0.422. The second kappa shape index (κ2) is 7.56. The number of rotatable bonds is 6. The van der Waals surface area contributed by atoms with Gasteiger partial charge in [-0.3, -0.25) is 24.1 Å². The molecule has 1 aliphatic rings. The van der Waals surface area contributed by atoms with Crippen LogP contribution in [0, 0.1) is 0 Å². The topological polar surface area (TPSA) is 119 Å². The van der Waals surface area contributed by atoms with Crippen LogP contribution in [0.2, 0.25) is 0 Å². The SMILES string of the molecule is COC(=O)CNC(=O)COC(=O)[C@@H](C)N1C(=O)c2ccccc2C1=O. The third-order valence-electron chi connectivity index (χ3n) is 3.56. The van der Waals surface area contributed by atoms with E-state index in [9.17, 15) is 24.0 Å². The lowest BCUT2D eigenvalue weighted by Gasteiger charge is -2.20. The number of esters is 2. The first-order chi connectivity index (χ1) is 11.9. The molecule has 25 heavy (non-hydrogen) atoms. The van der Waals surface area contributed by atoms with E-state index >= 15 is 0 Å². The number of hydrogen-bond donors (Lipinski definition) is 1. The van der Waals surface area contributed by atoms with Gasteiger partial charge in [0.25, 0.3) is 17.7 Å². The van der Waals surface area contributed by atoms with Gasteiger partial charge < -0.3 is 14.8 Å². The Hall–Kier alpha value is -3.23. The molecule has 0 radical (unpaired) electrons. The summed E-state index contributed by atoms with van der Waals surface area (Å²) in [5, 5.41) is 2.19. The summed E-state index contributed by atoms with van der Waals surface area (Å²) in [5.74, 6) is -3.48. The molecule has 132 valence electrons. The van der Waals surface area contributed by atoms with Gasteiger partial charge in [-0.05, 0) is 19.1 Å². The van der Waals surface area contributed by atoms with Crippen molar-refractivity contribution in [2.45, 2.75) is 13.0 Å². The zero-order valence-corrected chi connectivity index (χ0v) is 13.6. The van der Waals surface area contributed by atoms with Crippen molar-refractivity contribution >= 4 is 29.7 Å². The molecule has 0 saturated heterocycles. The number of nitrogens with one attached hydrogen (secondary N) is 1. The maximum atomic E-state index is 12.3. The minimum Gasteiger partial charge on any atom is -0.468 e. The highest BCUT2D eigenvalue weighted by molar-refractivity contribution is 6.22. The van der Waals surface area contributed by atoms with Crippen molar-refractivity contribution in [1.82, 2.24) is 10.2 Å². The Bertz CT molecular complexity index is 709. The van der Waals surface area contributed by atoms with Gasteiger partial charge in [-0.25, -0.2) is 4.79 Å². The molecule has 3 amide bonds. The van der Waals surface area contributed by atoms with Crippen molar-refractivity contribution in [3.8, 4) is 0 Å². The summed E-state index contributed by atoms with van der Waals surface area (Å²) >= 11 is 0. The molecule has 0 unspecified atom stereocenters. The van der Waals surface area contributed by atoms with Gasteiger partial charge in [0.1, 0.15) is 12.6 Å². The van der Waals surface area contributed by atoms with Crippen LogP contribution < -0.4 is 5.32 Å². The lowest BCUT2D eigenvalue weighted by atomic mass is 10.1.